The van der Waals surface area contributed by atoms with Gasteiger partial charge in [0.05, 0.1) is 29.8 Å². The highest BCUT2D eigenvalue weighted by Gasteiger charge is 2.44. The van der Waals surface area contributed by atoms with Crippen LogP contribution in [0.3, 0.4) is 0 Å². The summed E-state index contributed by atoms with van der Waals surface area (Å²) in [5.41, 5.74) is 1.88. The summed E-state index contributed by atoms with van der Waals surface area (Å²) in [6.45, 7) is 2.49. The van der Waals surface area contributed by atoms with Crippen molar-refractivity contribution in [2.24, 2.45) is 0 Å². The zero-order valence-corrected chi connectivity index (χ0v) is 14.0. The van der Waals surface area contributed by atoms with Crippen molar-refractivity contribution in [3.05, 3.63) is 41.7 Å². The molecular weight excluding hydrogens is 330 g/mol. The number of aromatic nitrogens is 2. The molecule has 3 atom stereocenters. The Hall–Kier alpha value is -1.90. The van der Waals surface area contributed by atoms with E-state index in [2.05, 4.69) is 9.82 Å². The van der Waals surface area contributed by atoms with Crippen LogP contribution < -0.4 is 9.46 Å². The van der Waals surface area contributed by atoms with E-state index < -0.39 is 16.1 Å². The molecule has 2 heterocycles. The third kappa shape index (κ3) is 2.60. The van der Waals surface area contributed by atoms with Crippen molar-refractivity contribution in [1.82, 2.24) is 14.5 Å². The second kappa shape index (κ2) is 5.58. The average Bonchev–Trinajstić information content (AvgIpc) is 3.14. The Morgan fingerprint density at radius 1 is 1.42 bits per heavy atom. The predicted octanol–water partition coefficient (Wildman–Crippen LogP) is 0.779. The number of hydrogen-bond donors (Lipinski definition) is 2. The van der Waals surface area contributed by atoms with Crippen LogP contribution in [0, 0.1) is 6.92 Å². The van der Waals surface area contributed by atoms with E-state index in [-0.39, 0.29) is 17.0 Å². The standard InChI is InChI=1S/C16H19N3O4S/c1-10-8-17-19(9-10)16-13(7-14(16)20)18-24(21,22)12-2-3-15-11(6-12)4-5-23-15/h2-3,6,8-9,13-14,16,18,20H,4-5,7H2,1H3/t13-,14+,16+/m0/s1. The molecule has 0 unspecified atom stereocenters. The van der Waals surface area contributed by atoms with Crippen LogP contribution in [-0.4, -0.2) is 42.1 Å². The van der Waals surface area contributed by atoms with E-state index >= 15 is 0 Å². The Bertz CT molecular complexity index is 877. The summed E-state index contributed by atoms with van der Waals surface area (Å²) in [7, 11) is -3.66. The molecule has 4 rings (SSSR count). The lowest BCUT2D eigenvalue weighted by molar-refractivity contribution is 0.000519. The summed E-state index contributed by atoms with van der Waals surface area (Å²) >= 11 is 0. The van der Waals surface area contributed by atoms with Crippen LogP contribution >= 0.6 is 0 Å². The number of nitrogens with one attached hydrogen (secondary N) is 1. The minimum Gasteiger partial charge on any atom is -0.493 e. The molecule has 1 fully saturated rings. The molecule has 0 bridgehead atoms. The maximum atomic E-state index is 12.7. The molecule has 2 aliphatic rings. The number of benzene rings is 1. The van der Waals surface area contributed by atoms with E-state index in [1.54, 1.807) is 35.3 Å². The average molecular weight is 349 g/mol. The van der Waals surface area contributed by atoms with Gasteiger partial charge in [0.25, 0.3) is 0 Å². The van der Waals surface area contributed by atoms with Gasteiger partial charge in [0, 0.05) is 18.7 Å². The molecule has 1 saturated carbocycles. The first-order chi connectivity index (χ1) is 11.4. The summed E-state index contributed by atoms with van der Waals surface area (Å²) in [5, 5.41) is 14.2. The van der Waals surface area contributed by atoms with Gasteiger partial charge in [0.15, 0.2) is 0 Å². The lowest BCUT2D eigenvalue weighted by Crippen LogP contribution is -2.56. The molecule has 0 radical (unpaired) electrons. The van der Waals surface area contributed by atoms with Crippen molar-refractivity contribution in [1.29, 1.82) is 0 Å². The SMILES string of the molecule is Cc1cnn([C@H]2[C@H](O)C[C@@H]2NS(=O)(=O)c2ccc3c(c2)CCO3)c1. The lowest BCUT2D eigenvalue weighted by Gasteiger charge is -2.41. The van der Waals surface area contributed by atoms with Crippen molar-refractivity contribution in [2.45, 2.75) is 42.8 Å². The molecule has 128 valence electrons. The van der Waals surface area contributed by atoms with Gasteiger partial charge in [-0.25, -0.2) is 13.1 Å². The number of nitrogens with zero attached hydrogens (tertiary/aromatic N) is 2. The highest BCUT2D eigenvalue weighted by atomic mass is 32.2. The Balaban J connectivity index is 1.55. The number of sulfonamides is 1. The summed E-state index contributed by atoms with van der Waals surface area (Å²) < 4.78 is 35.1. The highest BCUT2D eigenvalue weighted by Crippen LogP contribution is 2.34. The number of fused-ring (bicyclic) bond motifs is 1. The minimum atomic E-state index is -3.66. The Morgan fingerprint density at radius 2 is 2.25 bits per heavy atom. The van der Waals surface area contributed by atoms with Gasteiger partial charge in [-0.15, -0.1) is 0 Å². The van der Waals surface area contributed by atoms with Crippen molar-refractivity contribution in [3.63, 3.8) is 0 Å². The second-order valence-electron chi connectivity index (χ2n) is 6.39. The molecule has 7 nitrogen and oxygen atoms in total. The summed E-state index contributed by atoms with van der Waals surface area (Å²) in [4.78, 5) is 0.225. The summed E-state index contributed by atoms with van der Waals surface area (Å²) in [6.07, 6.45) is 3.98. The van der Waals surface area contributed by atoms with E-state index in [1.165, 1.54) is 0 Å². The van der Waals surface area contributed by atoms with Crippen molar-refractivity contribution < 1.29 is 18.3 Å². The van der Waals surface area contributed by atoms with E-state index in [1.807, 2.05) is 6.92 Å². The molecule has 2 N–H and O–H groups in total. The molecule has 8 heteroatoms. The fourth-order valence-electron chi connectivity index (χ4n) is 3.28. The van der Waals surface area contributed by atoms with Gasteiger partial charge < -0.3 is 9.84 Å². The molecule has 1 aliphatic carbocycles. The van der Waals surface area contributed by atoms with Crippen LogP contribution in [0.25, 0.3) is 0 Å². The molecule has 1 aromatic heterocycles. The monoisotopic (exact) mass is 349 g/mol. The smallest absolute Gasteiger partial charge is 0.240 e. The lowest BCUT2D eigenvalue weighted by atomic mass is 9.84. The third-order valence-corrected chi connectivity index (χ3v) is 6.10. The second-order valence-corrected chi connectivity index (χ2v) is 8.10. The van der Waals surface area contributed by atoms with Crippen LogP contribution in [0.1, 0.15) is 23.6 Å². The van der Waals surface area contributed by atoms with Crippen LogP contribution in [0.15, 0.2) is 35.5 Å². The third-order valence-electron chi connectivity index (χ3n) is 4.62. The number of rotatable bonds is 4. The molecule has 0 saturated heterocycles. The van der Waals surface area contributed by atoms with E-state index in [9.17, 15) is 13.5 Å². The molecular formula is C16H19N3O4S. The normalized spacial score (nSPS) is 25.8. The quantitative estimate of drug-likeness (QED) is 0.851. The maximum Gasteiger partial charge on any atom is 0.240 e. The van der Waals surface area contributed by atoms with Gasteiger partial charge in [-0.3, -0.25) is 4.68 Å². The first-order valence-corrected chi connectivity index (χ1v) is 9.39. The van der Waals surface area contributed by atoms with Crippen molar-refractivity contribution in [2.75, 3.05) is 6.61 Å². The number of aryl methyl sites for hydroxylation is 1. The molecule has 0 amide bonds. The zero-order chi connectivity index (χ0) is 16.9. The molecule has 1 aromatic carbocycles. The van der Waals surface area contributed by atoms with Crippen molar-refractivity contribution in [3.8, 4) is 5.75 Å². The van der Waals surface area contributed by atoms with Crippen LogP contribution in [0.2, 0.25) is 0 Å². The number of aliphatic hydroxyl groups is 1. The number of aliphatic hydroxyl groups excluding tert-OH is 1. The van der Waals surface area contributed by atoms with Gasteiger partial charge in [-0.1, -0.05) is 0 Å². The number of ether oxygens (including phenoxy) is 1. The first-order valence-electron chi connectivity index (χ1n) is 7.91. The maximum absolute atomic E-state index is 12.7. The van der Waals surface area contributed by atoms with Crippen LogP contribution in [0.5, 0.6) is 5.75 Å². The van der Waals surface area contributed by atoms with Gasteiger partial charge >= 0.3 is 0 Å². The van der Waals surface area contributed by atoms with Crippen LogP contribution in [0.4, 0.5) is 0 Å². The van der Waals surface area contributed by atoms with Gasteiger partial charge in [-0.2, -0.15) is 5.10 Å². The fourth-order valence-corrected chi connectivity index (χ4v) is 4.60. The first kappa shape index (κ1) is 15.6. The summed E-state index contributed by atoms with van der Waals surface area (Å²) in [6, 6.07) is 4.14. The molecule has 1 aliphatic heterocycles. The fraction of sp³-hybridized carbons (Fsp3) is 0.438. The summed E-state index contributed by atoms with van der Waals surface area (Å²) in [5.74, 6) is 0.748. The topological polar surface area (TPSA) is 93.5 Å². The Kier molecular flexibility index (Phi) is 3.63. The zero-order valence-electron chi connectivity index (χ0n) is 13.2. The predicted molar refractivity (Wildman–Crippen MR) is 86.4 cm³/mol. The van der Waals surface area contributed by atoms with Gasteiger partial charge in [-0.05, 0) is 42.7 Å². The largest absolute Gasteiger partial charge is 0.493 e. The van der Waals surface area contributed by atoms with Gasteiger partial charge in [0.1, 0.15) is 5.75 Å². The van der Waals surface area contributed by atoms with E-state index in [0.29, 0.717) is 13.0 Å². The Morgan fingerprint density at radius 3 is 2.96 bits per heavy atom. The molecule has 2 aromatic rings. The minimum absolute atomic E-state index is 0.225. The number of hydrogen-bond acceptors (Lipinski definition) is 5. The highest BCUT2D eigenvalue weighted by molar-refractivity contribution is 7.89. The van der Waals surface area contributed by atoms with Crippen molar-refractivity contribution >= 4 is 10.0 Å². The van der Waals surface area contributed by atoms with Crippen LogP contribution in [-0.2, 0) is 16.4 Å². The Labute approximate surface area is 140 Å². The molecule has 0 spiro atoms. The van der Waals surface area contributed by atoms with Gasteiger partial charge in [0.2, 0.25) is 10.0 Å². The van der Waals surface area contributed by atoms with E-state index in [0.717, 1.165) is 23.3 Å². The molecule has 24 heavy (non-hydrogen) atoms. The van der Waals surface area contributed by atoms with E-state index in [4.69, 9.17) is 4.74 Å².